The summed E-state index contributed by atoms with van der Waals surface area (Å²) in [6, 6.07) is 12.2. The molecule has 1 aromatic heterocycles. The minimum atomic E-state index is 0. The lowest BCUT2D eigenvalue weighted by molar-refractivity contribution is 0.249. The first kappa shape index (κ1) is 23.0. The number of guanidine groups is 1. The molecule has 1 fully saturated rings. The molecule has 0 amide bonds. The molecule has 5 nitrogen and oxygen atoms in total. The number of thiophene rings is 1. The minimum Gasteiger partial charge on any atom is -0.508 e. The van der Waals surface area contributed by atoms with Gasteiger partial charge in [0.2, 0.25) is 0 Å². The van der Waals surface area contributed by atoms with Gasteiger partial charge in [0.25, 0.3) is 0 Å². The fourth-order valence-corrected chi connectivity index (χ4v) is 4.38. The van der Waals surface area contributed by atoms with Gasteiger partial charge in [-0.15, -0.1) is 35.3 Å². The summed E-state index contributed by atoms with van der Waals surface area (Å²) in [6.07, 6.45) is 4.60. The standard InChI is InChI=1S/C21H30N4OS.HI/c1-22-21(23-12-4-6-17-8-10-18(26)11-9-17)24-16-19(20-7-5-15-27-20)25-13-2-3-14-25;/h5,7-11,15,19,26H,2-4,6,12-14,16H2,1H3,(H2,22,23,24);1H. The number of nitrogens with one attached hydrogen (secondary N) is 2. The molecule has 0 spiro atoms. The van der Waals surface area contributed by atoms with Crippen molar-refractivity contribution in [3.8, 4) is 5.75 Å². The maximum atomic E-state index is 9.34. The fraction of sp³-hybridized carbons (Fsp3) is 0.476. The lowest BCUT2D eigenvalue weighted by Crippen LogP contribution is -2.42. The van der Waals surface area contributed by atoms with Gasteiger partial charge < -0.3 is 15.7 Å². The number of phenolic OH excluding ortho intramolecular Hbond substituents is 1. The third-order valence-corrected chi connectivity index (χ3v) is 5.98. The Hall–Kier alpha value is -1.32. The van der Waals surface area contributed by atoms with Crippen molar-refractivity contribution in [3.63, 3.8) is 0 Å². The molecule has 0 radical (unpaired) electrons. The van der Waals surface area contributed by atoms with E-state index in [1.165, 1.54) is 36.4 Å². The van der Waals surface area contributed by atoms with Crippen LogP contribution in [0.15, 0.2) is 46.8 Å². The maximum Gasteiger partial charge on any atom is 0.191 e. The molecule has 28 heavy (non-hydrogen) atoms. The van der Waals surface area contributed by atoms with E-state index in [0.29, 0.717) is 11.8 Å². The highest BCUT2D eigenvalue weighted by Gasteiger charge is 2.24. The van der Waals surface area contributed by atoms with Gasteiger partial charge in [0.15, 0.2) is 5.96 Å². The summed E-state index contributed by atoms with van der Waals surface area (Å²) in [4.78, 5) is 8.37. The number of hydrogen-bond donors (Lipinski definition) is 3. The van der Waals surface area contributed by atoms with Gasteiger partial charge in [0.05, 0.1) is 6.04 Å². The van der Waals surface area contributed by atoms with Gasteiger partial charge >= 0.3 is 0 Å². The van der Waals surface area contributed by atoms with Crippen molar-refractivity contribution in [3.05, 3.63) is 52.2 Å². The molecule has 2 aromatic rings. The van der Waals surface area contributed by atoms with Crippen LogP contribution in [0.3, 0.4) is 0 Å². The molecule has 0 saturated carbocycles. The molecule has 0 bridgehead atoms. The molecule has 0 aliphatic carbocycles. The van der Waals surface area contributed by atoms with E-state index < -0.39 is 0 Å². The summed E-state index contributed by atoms with van der Waals surface area (Å²) in [5.74, 6) is 1.18. The van der Waals surface area contributed by atoms with Crippen molar-refractivity contribution < 1.29 is 5.11 Å². The Morgan fingerprint density at radius 2 is 1.93 bits per heavy atom. The summed E-state index contributed by atoms with van der Waals surface area (Å²) in [7, 11) is 1.82. The van der Waals surface area contributed by atoms with Crippen LogP contribution in [0.1, 0.15) is 35.7 Å². The van der Waals surface area contributed by atoms with E-state index in [-0.39, 0.29) is 24.0 Å². The van der Waals surface area contributed by atoms with Crippen molar-refractivity contribution in [1.29, 1.82) is 0 Å². The van der Waals surface area contributed by atoms with Crippen molar-refractivity contribution >= 4 is 41.3 Å². The average Bonchev–Trinajstić information content (AvgIpc) is 3.39. The topological polar surface area (TPSA) is 59.9 Å². The number of halogens is 1. The first-order chi connectivity index (χ1) is 13.3. The van der Waals surface area contributed by atoms with Crippen LogP contribution in [0.5, 0.6) is 5.75 Å². The molecule has 1 aromatic carbocycles. The third kappa shape index (κ3) is 6.93. The zero-order chi connectivity index (χ0) is 18.9. The second-order valence-corrected chi connectivity index (χ2v) is 7.90. The van der Waals surface area contributed by atoms with Crippen molar-refractivity contribution in [2.75, 3.05) is 33.2 Å². The molecule has 3 N–H and O–H groups in total. The molecule has 7 heteroatoms. The van der Waals surface area contributed by atoms with Crippen molar-refractivity contribution in [2.24, 2.45) is 4.99 Å². The molecule has 1 saturated heterocycles. The van der Waals surface area contributed by atoms with Gasteiger partial charge in [-0.05, 0) is 67.9 Å². The normalized spacial score (nSPS) is 15.8. The van der Waals surface area contributed by atoms with Crippen LogP contribution in [0, 0.1) is 0 Å². The van der Waals surface area contributed by atoms with E-state index in [1.54, 1.807) is 12.1 Å². The van der Waals surface area contributed by atoms with E-state index in [4.69, 9.17) is 0 Å². The van der Waals surface area contributed by atoms with E-state index >= 15 is 0 Å². The van der Waals surface area contributed by atoms with Crippen LogP contribution >= 0.6 is 35.3 Å². The van der Waals surface area contributed by atoms with Gasteiger partial charge in [0.1, 0.15) is 5.75 Å². The highest BCUT2D eigenvalue weighted by atomic mass is 127. The highest BCUT2D eigenvalue weighted by Crippen LogP contribution is 2.27. The summed E-state index contributed by atoms with van der Waals surface area (Å²) < 4.78 is 0. The predicted octanol–water partition coefficient (Wildman–Crippen LogP) is 4.01. The van der Waals surface area contributed by atoms with E-state index in [0.717, 1.165) is 31.9 Å². The number of nitrogens with zero attached hydrogens (tertiary/aromatic N) is 2. The van der Waals surface area contributed by atoms with Gasteiger partial charge in [-0.3, -0.25) is 9.89 Å². The number of aryl methyl sites for hydroxylation is 1. The van der Waals surface area contributed by atoms with E-state index in [9.17, 15) is 5.11 Å². The summed E-state index contributed by atoms with van der Waals surface area (Å²) in [5, 5.41) is 18.4. The Labute approximate surface area is 189 Å². The van der Waals surface area contributed by atoms with Gasteiger partial charge in [-0.1, -0.05) is 18.2 Å². The Morgan fingerprint density at radius 1 is 1.18 bits per heavy atom. The molecule has 3 rings (SSSR count). The van der Waals surface area contributed by atoms with Gasteiger partial charge in [-0.25, -0.2) is 0 Å². The van der Waals surface area contributed by atoms with Crippen LogP contribution in [-0.2, 0) is 6.42 Å². The highest BCUT2D eigenvalue weighted by molar-refractivity contribution is 14.0. The van der Waals surface area contributed by atoms with Crippen LogP contribution in [0.2, 0.25) is 0 Å². The molecule has 154 valence electrons. The molecular formula is C21H31IN4OS. The Balaban J connectivity index is 0.00000280. The summed E-state index contributed by atoms with van der Waals surface area (Å²) >= 11 is 1.84. The zero-order valence-electron chi connectivity index (χ0n) is 16.4. The lowest BCUT2D eigenvalue weighted by atomic mass is 10.1. The van der Waals surface area contributed by atoms with Gasteiger partial charge in [0, 0.05) is 25.0 Å². The molecule has 1 aliphatic heterocycles. The Kier molecular flexibility index (Phi) is 10.1. The minimum absolute atomic E-state index is 0. The summed E-state index contributed by atoms with van der Waals surface area (Å²) in [5.41, 5.74) is 1.24. The van der Waals surface area contributed by atoms with Crippen LogP contribution < -0.4 is 10.6 Å². The fourth-order valence-electron chi connectivity index (χ4n) is 3.52. The summed E-state index contributed by atoms with van der Waals surface area (Å²) in [6.45, 7) is 4.11. The van der Waals surface area contributed by atoms with Gasteiger partial charge in [-0.2, -0.15) is 0 Å². The Morgan fingerprint density at radius 3 is 2.57 bits per heavy atom. The Bertz CT molecular complexity index is 700. The first-order valence-electron chi connectivity index (χ1n) is 9.76. The molecule has 1 atom stereocenters. The second-order valence-electron chi connectivity index (χ2n) is 6.92. The van der Waals surface area contributed by atoms with Crippen LogP contribution in [0.25, 0.3) is 0 Å². The second kappa shape index (κ2) is 12.3. The smallest absolute Gasteiger partial charge is 0.191 e. The third-order valence-electron chi connectivity index (χ3n) is 5.01. The molecule has 2 heterocycles. The largest absolute Gasteiger partial charge is 0.508 e. The van der Waals surface area contributed by atoms with E-state index in [2.05, 4.69) is 38.0 Å². The lowest BCUT2D eigenvalue weighted by Gasteiger charge is -2.27. The van der Waals surface area contributed by atoms with E-state index in [1.807, 2.05) is 30.5 Å². The van der Waals surface area contributed by atoms with Crippen LogP contribution in [0.4, 0.5) is 0 Å². The monoisotopic (exact) mass is 514 g/mol. The number of aliphatic imine (C=N–C) groups is 1. The number of phenols is 1. The molecule has 1 aliphatic rings. The average molecular weight is 514 g/mol. The zero-order valence-corrected chi connectivity index (χ0v) is 19.6. The molecule has 1 unspecified atom stereocenters. The van der Waals surface area contributed by atoms with Crippen LogP contribution in [-0.4, -0.2) is 49.2 Å². The maximum absolute atomic E-state index is 9.34. The number of hydrogen-bond acceptors (Lipinski definition) is 4. The van der Waals surface area contributed by atoms with Crippen molar-refractivity contribution in [1.82, 2.24) is 15.5 Å². The SMILES string of the molecule is CN=C(NCCCc1ccc(O)cc1)NCC(c1cccs1)N1CCCC1.I. The number of benzene rings is 1. The molecular weight excluding hydrogens is 483 g/mol. The number of aromatic hydroxyl groups is 1. The number of likely N-dealkylation sites (tertiary alicyclic amines) is 1. The first-order valence-corrected chi connectivity index (χ1v) is 10.6. The predicted molar refractivity (Wildman–Crippen MR) is 129 cm³/mol. The van der Waals surface area contributed by atoms with Crippen molar-refractivity contribution in [2.45, 2.75) is 31.7 Å². The number of rotatable bonds is 8. The quantitative estimate of drug-likeness (QED) is 0.216.